The molecule has 0 fully saturated rings. The summed E-state index contributed by atoms with van der Waals surface area (Å²) in [4.78, 5) is 21.9. The van der Waals surface area contributed by atoms with E-state index in [9.17, 15) is 9.59 Å². The first-order chi connectivity index (χ1) is 5.52. The van der Waals surface area contributed by atoms with Crippen molar-refractivity contribution in [3.05, 3.63) is 27.7 Å². The van der Waals surface area contributed by atoms with Crippen LogP contribution in [-0.2, 0) is 7.05 Å². The number of carbonyl (C=O) groups is 1. The third kappa shape index (κ3) is 1.53. The van der Waals surface area contributed by atoms with Crippen LogP contribution in [0, 0.1) is 6.92 Å². The van der Waals surface area contributed by atoms with E-state index in [1.807, 2.05) is 0 Å². The number of halogens is 1. The molecular formula is C7H7ClN2O2. The topological polar surface area (TPSA) is 52.0 Å². The summed E-state index contributed by atoms with van der Waals surface area (Å²) in [7, 11) is 1.47. The maximum absolute atomic E-state index is 11.2. The number of hydrogen-bond acceptors (Lipinski definition) is 3. The molecule has 64 valence electrons. The first kappa shape index (κ1) is 8.93. The summed E-state index contributed by atoms with van der Waals surface area (Å²) in [5, 5.41) is 3.06. The van der Waals surface area contributed by atoms with Gasteiger partial charge in [-0.05, 0) is 24.6 Å². The number of carbonyl (C=O) groups excluding carboxylic acids is 1. The Morgan fingerprint density at radius 2 is 2.25 bits per heavy atom. The van der Waals surface area contributed by atoms with E-state index in [2.05, 4.69) is 5.10 Å². The van der Waals surface area contributed by atoms with Gasteiger partial charge in [0.1, 0.15) is 5.56 Å². The highest BCUT2D eigenvalue weighted by Crippen LogP contribution is 1.98. The first-order valence-electron chi connectivity index (χ1n) is 3.27. The van der Waals surface area contributed by atoms with E-state index in [1.165, 1.54) is 13.1 Å². The molecule has 0 aliphatic rings. The summed E-state index contributed by atoms with van der Waals surface area (Å²) in [5.74, 6) is 0. The van der Waals surface area contributed by atoms with Crippen molar-refractivity contribution in [2.24, 2.45) is 7.05 Å². The summed E-state index contributed by atoms with van der Waals surface area (Å²) in [6, 6.07) is 1.37. The third-order valence-corrected chi connectivity index (χ3v) is 1.60. The molecule has 0 aliphatic carbocycles. The fraction of sp³-hybridized carbons (Fsp3) is 0.286. The van der Waals surface area contributed by atoms with Gasteiger partial charge in [0.15, 0.2) is 0 Å². The van der Waals surface area contributed by atoms with Crippen molar-refractivity contribution < 1.29 is 4.79 Å². The molecule has 0 unspecified atom stereocenters. The van der Waals surface area contributed by atoms with Crippen LogP contribution in [0.5, 0.6) is 0 Å². The minimum Gasteiger partial charge on any atom is -0.275 e. The molecule has 0 N–H and O–H groups in total. The van der Waals surface area contributed by atoms with Crippen LogP contribution in [-0.4, -0.2) is 15.0 Å². The first-order valence-corrected chi connectivity index (χ1v) is 3.65. The second-order valence-corrected chi connectivity index (χ2v) is 2.75. The van der Waals surface area contributed by atoms with E-state index in [4.69, 9.17) is 11.6 Å². The van der Waals surface area contributed by atoms with E-state index in [1.54, 1.807) is 6.92 Å². The van der Waals surface area contributed by atoms with Gasteiger partial charge in [0, 0.05) is 7.05 Å². The minimum absolute atomic E-state index is 0.0355. The van der Waals surface area contributed by atoms with E-state index in [0.717, 1.165) is 4.68 Å². The normalized spacial score (nSPS) is 9.92. The highest BCUT2D eigenvalue weighted by atomic mass is 35.5. The minimum atomic E-state index is -0.749. The molecule has 1 heterocycles. The third-order valence-electron chi connectivity index (χ3n) is 1.40. The molecule has 0 saturated heterocycles. The van der Waals surface area contributed by atoms with Gasteiger partial charge in [-0.25, -0.2) is 4.68 Å². The average molecular weight is 187 g/mol. The van der Waals surface area contributed by atoms with Crippen LogP contribution < -0.4 is 5.56 Å². The number of nitrogens with zero attached hydrogens (tertiary/aromatic N) is 2. The van der Waals surface area contributed by atoms with Crippen molar-refractivity contribution >= 4 is 16.8 Å². The fourth-order valence-electron chi connectivity index (χ4n) is 0.897. The number of hydrogen-bond donors (Lipinski definition) is 0. The Hall–Kier alpha value is -1.16. The van der Waals surface area contributed by atoms with E-state index in [-0.39, 0.29) is 5.56 Å². The van der Waals surface area contributed by atoms with E-state index < -0.39 is 10.8 Å². The Kier molecular flexibility index (Phi) is 2.28. The molecular weight excluding hydrogens is 180 g/mol. The molecule has 0 saturated carbocycles. The number of aromatic nitrogens is 2. The van der Waals surface area contributed by atoms with Crippen molar-refractivity contribution in [2.75, 3.05) is 0 Å². The molecule has 0 amide bonds. The summed E-state index contributed by atoms with van der Waals surface area (Å²) in [5.41, 5.74) is 0.0772. The zero-order chi connectivity index (χ0) is 9.30. The van der Waals surface area contributed by atoms with Crippen molar-refractivity contribution in [2.45, 2.75) is 6.92 Å². The van der Waals surface area contributed by atoms with Crippen LogP contribution in [0.1, 0.15) is 16.1 Å². The zero-order valence-electron chi connectivity index (χ0n) is 6.67. The van der Waals surface area contributed by atoms with Crippen LogP contribution in [0.15, 0.2) is 10.9 Å². The van der Waals surface area contributed by atoms with Gasteiger partial charge in [0.2, 0.25) is 0 Å². The van der Waals surface area contributed by atoms with Gasteiger partial charge >= 0.3 is 0 Å². The van der Waals surface area contributed by atoms with Crippen LogP contribution >= 0.6 is 11.6 Å². The SMILES string of the molecule is Cc1cc(C(=O)Cl)c(=O)n(C)n1. The van der Waals surface area contributed by atoms with Gasteiger partial charge in [-0.15, -0.1) is 0 Å². The molecule has 0 radical (unpaired) electrons. The van der Waals surface area contributed by atoms with Gasteiger partial charge in [-0.3, -0.25) is 9.59 Å². The van der Waals surface area contributed by atoms with Crippen LogP contribution in [0.3, 0.4) is 0 Å². The molecule has 12 heavy (non-hydrogen) atoms. The van der Waals surface area contributed by atoms with Crippen molar-refractivity contribution in [3.63, 3.8) is 0 Å². The second kappa shape index (κ2) is 3.06. The van der Waals surface area contributed by atoms with E-state index in [0.29, 0.717) is 5.69 Å². The monoisotopic (exact) mass is 186 g/mol. The van der Waals surface area contributed by atoms with Crippen LogP contribution in [0.2, 0.25) is 0 Å². The maximum atomic E-state index is 11.2. The lowest BCUT2D eigenvalue weighted by Crippen LogP contribution is -2.25. The summed E-state index contributed by atoms with van der Waals surface area (Å²) >= 11 is 5.17. The Morgan fingerprint density at radius 1 is 1.67 bits per heavy atom. The molecule has 0 bridgehead atoms. The maximum Gasteiger partial charge on any atom is 0.278 e. The van der Waals surface area contributed by atoms with Gasteiger partial charge in [0.25, 0.3) is 10.8 Å². The lowest BCUT2D eigenvalue weighted by atomic mass is 10.3. The Balaban J connectivity index is 3.49. The summed E-state index contributed by atoms with van der Waals surface area (Å²) < 4.78 is 1.09. The average Bonchev–Trinajstić information content (AvgIpc) is 1.96. The van der Waals surface area contributed by atoms with Gasteiger partial charge < -0.3 is 0 Å². The Bertz CT molecular complexity index is 383. The molecule has 0 aliphatic heterocycles. The molecule has 0 aromatic carbocycles. The largest absolute Gasteiger partial charge is 0.278 e. The Morgan fingerprint density at radius 3 is 2.75 bits per heavy atom. The molecule has 5 heteroatoms. The van der Waals surface area contributed by atoms with Crippen LogP contribution in [0.25, 0.3) is 0 Å². The molecule has 1 rings (SSSR count). The molecule has 0 spiro atoms. The van der Waals surface area contributed by atoms with Crippen LogP contribution in [0.4, 0.5) is 0 Å². The molecule has 1 aromatic heterocycles. The van der Waals surface area contributed by atoms with Crippen molar-refractivity contribution in [3.8, 4) is 0 Å². The predicted octanol–water partition coefficient (Wildman–Crippen LogP) is 0.468. The molecule has 0 atom stereocenters. The highest BCUT2D eigenvalue weighted by Gasteiger charge is 2.09. The summed E-state index contributed by atoms with van der Waals surface area (Å²) in [6.45, 7) is 1.68. The van der Waals surface area contributed by atoms with E-state index >= 15 is 0 Å². The fourth-order valence-corrected chi connectivity index (χ4v) is 1.03. The number of rotatable bonds is 1. The smallest absolute Gasteiger partial charge is 0.275 e. The quantitative estimate of drug-likeness (QED) is 0.599. The Labute approximate surface area is 73.8 Å². The molecule has 1 aromatic rings. The molecule has 4 nitrogen and oxygen atoms in total. The second-order valence-electron chi connectivity index (χ2n) is 2.40. The van der Waals surface area contributed by atoms with Crippen molar-refractivity contribution in [1.29, 1.82) is 0 Å². The lowest BCUT2D eigenvalue weighted by molar-refractivity contribution is 0.107. The van der Waals surface area contributed by atoms with Crippen molar-refractivity contribution in [1.82, 2.24) is 9.78 Å². The zero-order valence-corrected chi connectivity index (χ0v) is 7.42. The summed E-state index contributed by atoms with van der Waals surface area (Å²) in [6.07, 6.45) is 0. The van der Waals surface area contributed by atoms with Gasteiger partial charge in [0.05, 0.1) is 5.69 Å². The van der Waals surface area contributed by atoms with Gasteiger partial charge in [-0.1, -0.05) is 0 Å². The standard InChI is InChI=1S/C7H7ClN2O2/c1-4-3-5(6(8)11)7(12)10(2)9-4/h3H,1-2H3. The lowest BCUT2D eigenvalue weighted by Gasteiger charge is -1.99. The predicted molar refractivity (Wildman–Crippen MR) is 44.4 cm³/mol. The van der Waals surface area contributed by atoms with Gasteiger partial charge in [-0.2, -0.15) is 5.10 Å². The highest BCUT2D eigenvalue weighted by molar-refractivity contribution is 6.67. The number of aryl methyl sites for hydroxylation is 2.